The van der Waals surface area contributed by atoms with E-state index in [2.05, 4.69) is 0 Å². The molecule has 0 aliphatic carbocycles. The average molecular weight is 337 g/mol. The second-order valence-electron chi connectivity index (χ2n) is 5.42. The first kappa shape index (κ1) is 19.7. The molecule has 1 rings (SSSR count). The molecule has 1 aliphatic heterocycles. The number of nitrogens with zero attached hydrogens (tertiary/aromatic N) is 1. The van der Waals surface area contributed by atoms with Crippen LogP contribution in [0.3, 0.4) is 0 Å². The normalized spacial score (nSPS) is 30.9. The number of ether oxygens (including phenoxy) is 1. The Hall–Kier alpha value is -1.30. The van der Waals surface area contributed by atoms with E-state index in [0.29, 0.717) is 5.06 Å². The summed E-state index contributed by atoms with van der Waals surface area (Å²) in [6, 6.07) is 0. The Balaban J connectivity index is 2.39. The third kappa shape index (κ3) is 5.68. The zero-order valence-electron chi connectivity index (χ0n) is 12.5. The maximum Gasteiger partial charge on any atom is 0.303 e. The molecule has 0 aromatic heterocycles. The van der Waals surface area contributed by atoms with Gasteiger partial charge < -0.3 is 30.3 Å². The van der Waals surface area contributed by atoms with E-state index in [1.165, 1.54) is 0 Å². The fourth-order valence-electron chi connectivity index (χ4n) is 2.33. The van der Waals surface area contributed by atoms with E-state index >= 15 is 0 Å². The first-order valence-electron chi connectivity index (χ1n) is 7.29. The Morgan fingerprint density at radius 2 is 1.61 bits per heavy atom. The second-order valence-corrected chi connectivity index (χ2v) is 5.42. The summed E-state index contributed by atoms with van der Waals surface area (Å²) in [7, 11) is 0. The summed E-state index contributed by atoms with van der Waals surface area (Å²) in [5, 5.41) is 56.5. The van der Waals surface area contributed by atoms with Crippen molar-refractivity contribution in [2.75, 3.05) is 13.2 Å². The maximum absolute atomic E-state index is 11.4. The van der Waals surface area contributed by atoms with Crippen molar-refractivity contribution in [3.63, 3.8) is 0 Å². The zero-order valence-corrected chi connectivity index (χ0v) is 12.5. The highest BCUT2D eigenvalue weighted by molar-refractivity contribution is 5.79. The van der Waals surface area contributed by atoms with Gasteiger partial charge in [-0.05, 0) is 12.8 Å². The number of carbonyl (C=O) groups excluding carboxylic acids is 1. The Bertz CT molecular complexity index is 403. The topological polar surface area (TPSA) is 168 Å². The lowest BCUT2D eigenvalue weighted by Gasteiger charge is -2.40. The first-order valence-corrected chi connectivity index (χ1v) is 7.29. The standard InChI is InChI=1S/C13H23NO9/c15-6-8-12(20)13(21)11(19)7(23-8)2-1-5-14(22)9(16)3-4-10(17)18/h7-8,11-13,15,19-22H,1-6H2,(H,17,18)/t7-,8-,11-,12-,13-/m1/s1. The van der Waals surface area contributed by atoms with E-state index in [-0.39, 0.29) is 32.2 Å². The Morgan fingerprint density at radius 1 is 1.00 bits per heavy atom. The van der Waals surface area contributed by atoms with E-state index in [1.807, 2.05) is 0 Å². The number of carboxylic acids is 1. The number of aliphatic hydroxyl groups excluding tert-OH is 4. The van der Waals surface area contributed by atoms with Crippen LogP contribution in [0.15, 0.2) is 0 Å². The number of hydroxylamine groups is 2. The molecule has 5 atom stereocenters. The number of aliphatic carboxylic acids is 1. The van der Waals surface area contributed by atoms with Crippen LogP contribution in [0.2, 0.25) is 0 Å². The van der Waals surface area contributed by atoms with Crippen LogP contribution in [0.4, 0.5) is 0 Å². The molecule has 0 bridgehead atoms. The second kappa shape index (κ2) is 9.11. The highest BCUT2D eigenvalue weighted by Crippen LogP contribution is 2.24. The quantitative estimate of drug-likeness (QED) is 0.210. The van der Waals surface area contributed by atoms with Crippen molar-refractivity contribution < 1.29 is 45.1 Å². The van der Waals surface area contributed by atoms with Crippen molar-refractivity contribution in [3.05, 3.63) is 0 Å². The number of amides is 1. The number of hydrogen-bond acceptors (Lipinski definition) is 8. The van der Waals surface area contributed by atoms with Gasteiger partial charge in [0.15, 0.2) is 0 Å². The van der Waals surface area contributed by atoms with Crippen molar-refractivity contribution in [1.29, 1.82) is 0 Å². The summed E-state index contributed by atoms with van der Waals surface area (Å²) >= 11 is 0. The molecule has 1 heterocycles. The van der Waals surface area contributed by atoms with Gasteiger partial charge in [0.05, 0.1) is 19.1 Å². The summed E-state index contributed by atoms with van der Waals surface area (Å²) in [4.78, 5) is 21.8. The monoisotopic (exact) mass is 337 g/mol. The molecular formula is C13H23NO9. The van der Waals surface area contributed by atoms with Gasteiger partial charge in [-0.1, -0.05) is 0 Å². The molecule has 23 heavy (non-hydrogen) atoms. The fourth-order valence-corrected chi connectivity index (χ4v) is 2.33. The summed E-state index contributed by atoms with van der Waals surface area (Å²) in [5.74, 6) is -1.88. The smallest absolute Gasteiger partial charge is 0.303 e. The molecule has 134 valence electrons. The maximum atomic E-state index is 11.4. The van der Waals surface area contributed by atoms with Gasteiger partial charge in [-0.25, -0.2) is 5.06 Å². The summed E-state index contributed by atoms with van der Waals surface area (Å²) in [5.41, 5.74) is 0. The van der Waals surface area contributed by atoms with Crippen molar-refractivity contribution in [2.45, 2.75) is 56.2 Å². The number of hydrogen-bond donors (Lipinski definition) is 6. The highest BCUT2D eigenvalue weighted by Gasteiger charge is 2.42. The SMILES string of the molecule is O=C(O)CCC(=O)N(O)CCC[C@H]1O[C@H](CO)[C@@H](O)[C@H](O)[C@@H]1O. The Kier molecular flexibility index (Phi) is 7.82. The van der Waals surface area contributed by atoms with E-state index in [4.69, 9.17) is 14.9 Å². The van der Waals surface area contributed by atoms with Gasteiger partial charge in [0.25, 0.3) is 0 Å². The van der Waals surface area contributed by atoms with Crippen LogP contribution in [0.1, 0.15) is 25.7 Å². The highest BCUT2D eigenvalue weighted by atomic mass is 16.5. The summed E-state index contributed by atoms with van der Waals surface area (Å²) in [6.07, 6.45) is -6.47. The lowest BCUT2D eigenvalue weighted by atomic mass is 9.93. The molecule has 0 unspecified atom stereocenters. The number of carboxylic acid groups (broad SMARTS) is 1. The van der Waals surface area contributed by atoms with Crippen LogP contribution in [0.5, 0.6) is 0 Å². The van der Waals surface area contributed by atoms with Gasteiger partial charge in [-0.15, -0.1) is 0 Å². The molecule has 0 aromatic carbocycles. The molecule has 0 aromatic rings. The van der Waals surface area contributed by atoms with Gasteiger partial charge in [0.2, 0.25) is 5.91 Å². The molecular weight excluding hydrogens is 314 g/mol. The predicted molar refractivity (Wildman–Crippen MR) is 73.4 cm³/mol. The van der Waals surface area contributed by atoms with E-state index in [0.717, 1.165) is 0 Å². The van der Waals surface area contributed by atoms with Gasteiger partial charge in [0, 0.05) is 13.0 Å². The minimum absolute atomic E-state index is 0.104. The molecule has 1 saturated heterocycles. The summed E-state index contributed by atoms with van der Waals surface area (Å²) < 4.78 is 5.28. The molecule has 1 aliphatic rings. The van der Waals surface area contributed by atoms with E-state index < -0.39 is 49.0 Å². The molecule has 0 radical (unpaired) electrons. The van der Waals surface area contributed by atoms with Crippen molar-refractivity contribution >= 4 is 11.9 Å². The molecule has 6 N–H and O–H groups in total. The van der Waals surface area contributed by atoms with Crippen molar-refractivity contribution in [2.24, 2.45) is 0 Å². The molecule has 1 amide bonds. The van der Waals surface area contributed by atoms with Gasteiger partial charge >= 0.3 is 5.97 Å². The molecule has 0 saturated carbocycles. The van der Waals surface area contributed by atoms with Crippen LogP contribution in [0, 0.1) is 0 Å². The van der Waals surface area contributed by atoms with Crippen LogP contribution in [-0.4, -0.2) is 91.4 Å². The van der Waals surface area contributed by atoms with Crippen molar-refractivity contribution in [1.82, 2.24) is 5.06 Å². The molecule has 1 fully saturated rings. The molecule has 10 nitrogen and oxygen atoms in total. The number of carbonyl (C=O) groups is 2. The van der Waals surface area contributed by atoms with Crippen LogP contribution in [-0.2, 0) is 14.3 Å². The Labute approximate surface area is 132 Å². The lowest BCUT2D eigenvalue weighted by molar-refractivity contribution is -0.231. The third-order valence-electron chi connectivity index (χ3n) is 3.69. The van der Waals surface area contributed by atoms with E-state index in [1.54, 1.807) is 0 Å². The lowest BCUT2D eigenvalue weighted by Crippen LogP contribution is -2.58. The largest absolute Gasteiger partial charge is 0.481 e. The summed E-state index contributed by atoms with van der Waals surface area (Å²) in [6.45, 7) is -0.630. The average Bonchev–Trinajstić information content (AvgIpc) is 2.52. The third-order valence-corrected chi connectivity index (χ3v) is 3.69. The minimum Gasteiger partial charge on any atom is -0.481 e. The predicted octanol–water partition coefficient (Wildman–Crippen LogP) is -2.31. The van der Waals surface area contributed by atoms with E-state index in [9.17, 15) is 30.1 Å². The number of aliphatic hydroxyl groups is 4. The zero-order chi connectivity index (χ0) is 17.6. The van der Waals surface area contributed by atoms with Crippen LogP contribution < -0.4 is 0 Å². The minimum atomic E-state index is -1.46. The molecule has 0 spiro atoms. The Morgan fingerprint density at radius 3 is 2.17 bits per heavy atom. The first-order chi connectivity index (χ1) is 10.8. The van der Waals surface area contributed by atoms with Gasteiger partial charge in [0.1, 0.15) is 24.4 Å². The fraction of sp³-hybridized carbons (Fsp3) is 0.846. The van der Waals surface area contributed by atoms with Gasteiger partial charge in [-0.3, -0.25) is 14.8 Å². The van der Waals surface area contributed by atoms with Crippen LogP contribution >= 0.6 is 0 Å². The van der Waals surface area contributed by atoms with Crippen LogP contribution in [0.25, 0.3) is 0 Å². The van der Waals surface area contributed by atoms with Gasteiger partial charge in [-0.2, -0.15) is 0 Å². The number of rotatable bonds is 8. The van der Waals surface area contributed by atoms with Crippen molar-refractivity contribution in [3.8, 4) is 0 Å². The molecule has 10 heteroatoms.